The first kappa shape index (κ1) is 18.3. The highest BCUT2D eigenvalue weighted by atomic mass is 16.3. The van der Waals surface area contributed by atoms with Gasteiger partial charge in [0.2, 0.25) is 0 Å². The van der Waals surface area contributed by atoms with Crippen molar-refractivity contribution in [1.82, 2.24) is 0 Å². The van der Waals surface area contributed by atoms with E-state index in [2.05, 4.69) is 64.4 Å². The fraction of sp³-hybridized carbons (Fsp3) is 0.333. The lowest BCUT2D eigenvalue weighted by atomic mass is 9.63. The second-order valence-electron chi connectivity index (χ2n) is 8.66. The standard InChI is InChI=1S/C24H29NO/c1-16(25-20-10-7-18(8-11-20)17(2)26)19-9-12-21-22(15-19)24(5,6)14-13-23(21,3)4/h7-12,15,25-26H,1-2,13-14H2,3-6H3. The molecule has 2 heteroatoms. The Morgan fingerprint density at radius 1 is 0.846 bits per heavy atom. The van der Waals surface area contributed by atoms with Crippen molar-refractivity contribution in [2.75, 3.05) is 5.32 Å². The van der Waals surface area contributed by atoms with E-state index >= 15 is 0 Å². The lowest BCUT2D eigenvalue weighted by Gasteiger charge is -2.42. The summed E-state index contributed by atoms with van der Waals surface area (Å²) in [4.78, 5) is 0. The molecule has 0 saturated carbocycles. The van der Waals surface area contributed by atoms with Crippen molar-refractivity contribution < 1.29 is 5.11 Å². The van der Waals surface area contributed by atoms with E-state index in [9.17, 15) is 5.11 Å². The Bertz CT molecular complexity index is 856. The number of anilines is 1. The fourth-order valence-electron chi connectivity index (χ4n) is 3.77. The van der Waals surface area contributed by atoms with Crippen LogP contribution in [0.4, 0.5) is 5.69 Å². The number of hydrogen-bond acceptors (Lipinski definition) is 2. The van der Waals surface area contributed by atoms with Gasteiger partial charge in [0, 0.05) is 16.9 Å². The molecular weight excluding hydrogens is 318 g/mol. The molecule has 0 heterocycles. The molecular formula is C24H29NO. The van der Waals surface area contributed by atoms with E-state index in [0.29, 0.717) is 0 Å². The number of nitrogens with one attached hydrogen (secondary N) is 1. The first-order valence-electron chi connectivity index (χ1n) is 9.20. The normalized spacial score (nSPS) is 17.2. The second kappa shape index (κ2) is 6.35. The van der Waals surface area contributed by atoms with Gasteiger partial charge in [0.1, 0.15) is 5.76 Å². The minimum absolute atomic E-state index is 0.0786. The molecule has 1 aliphatic carbocycles. The molecule has 0 aliphatic heterocycles. The summed E-state index contributed by atoms with van der Waals surface area (Å²) in [5, 5.41) is 12.8. The van der Waals surface area contributed by atoms with E-state index in [1.807, 2.05) is 24.3 Å². The molecule has 26 heavy (non-hydrogen) atoms. The summed E-state index contributed by atoms with van der Waals surface area (Å²) in [7, 11) is 0. The van der Waals surface area contributed by atoms with E-state index < -0.39 is 0 Å². The Kier molecular flexibility index (Phi) is 4.47. The van der Waals surface area contributed by atoms with Crippen molar-refractivity contribution in [3.63, 3.8) is 0 Å². The van der Waals surface area contributed by atoms with Crippen LogP contribution in [0.3, 0.4) is 0 Å². The molecule has 0 atom stereocenters. The predicted octanol–water partition coefficient (Wildman–Crippen LogP) is 6.65. The Morgan fingerprint density at radius 3 is 1.96 bits per heavy atom. The van der Waals surface area contributed by atoms with Gasteiger partial charge in [-0.2, -0.15) is 0 Å². The molecule has 0 bridgehead atoms. The van der Waals surface area contributed by atoms with Crippen LogP contribution in [-0.2, 0) is 10.8 Å². The Hall–Kier alpha value is -2.48. The molecule has 136 valence electrons. The Labute approximate surface area is 157 Å². The van der Waals surface area contributed by atoms with Crippen LogP contribution in [0.1, 0.15) is 62.8 Å². The predicted molar refractivity (Wildman–Crippen MR) is 112 cm³/mol. The largest absolute Gasteiger partial charge is 0.508 e. The molecule has 2 aromatic carbocycles. The third-order valence-electron chi connectivity index (χ3n) is 5.71. The molecule has 0 saturated heterocycles. The summed E-state index contributed by atoms with van der Waals surface area (Å²) in [6.45, 7) is 17.1. The zero-order valence-corrected chi connectivity index (χ0v) is 16.3. The molecule has 2 aromatic rings. The summed E-state index contributed by atoms with van der Waals surface area (Å²) in [5.74, 6) is 0.0786. The van der Waals surface area contributed by atoms with E-state index in [0.717, 1.165) is 22.5 Å². The number of aliphatic hydroxyl groups is 1. The van der Waals surface area contributed by atoms with E-state index in [1.165, 1.54) is 24.0 Å². The van der Waals surface area contributed by atoms with Crippen molar-refractivity contribution in [2.24, 2.45) is 0 Å². The first-order chi connectivity index (χ1) is 12.1. The van der Waals surface area contributed by atoms with Crippen LogP contribution in [0.5, 0.6) is 0 Å². The maximum atomic E-state index is 9.45. The van der Waals surface area contributed by atoms with Gasteiger partial charge in [-0.05, 0) is 70.7 Å². The number of fused-ring (bicyclic) bond motifs is 1. The summed E-state index contributed by atoms with van der Waals surface area (Å²) in [6, 6.07) is 14.3. The van der Waals surface area contributed by atoms with Gasteiger partial charge in [-0.25, -0.2) is 0 Å². The summed E-state index contributed by atoms with van der Waals surface area (Å²) < 4.78 is 0. The van der Waals surface area contributed by atoms with Crippen molar-refractivity contribution in [2.45, 2.75) is 51.4 Å². The maximum Gasteiger partial charge on any atom is 0.115 e. The minimum atomic E-state index is 0.0786. The molecule has 0 unspecified atom stereocenters. The summed E-state index contributed by atoms with van der Waals surface area (Å²) >= 11 is 0. The molecule has 3 rings (SSSR count). The van der Waals surface area contributed by atoms with Gasteiger partial charge < -0.3 is 10.4 Å². The fourth-order valence-corrected chi connectivity index (χ4v) is 3.77. The number of hydrogen-bond donors (Lipinski definition) is 2. The average molecular weight is 348 g/mol. The van der Waals surface area contributed by atoms with Crippen LogP contribution in [0.15, 0.2) is 55.6 Å². The summed E-state index contributed by atoms with van der Waals surface area (Å²) in [5.41, 5.74) is 6.95. The van der Waals surface area contributed by atoms with Crippen LogP contribution in [-0.4, -0.2) is 5.11 Å². The average Bonchev–Trinajstić information content (AvgIpc) is 2.59. The minimum Gasteiger partial charge on any atom is -0.508 e. The third kappa shape index (κ3) is 3.41. The number of rotatable bonds is 4. The maximum absolute atomic E-state index is 9.45. The van der Waals surface area contributed by atoms with Crippen LogP contribution >= 0.6 is 0 Å². The highest BCUT2D eigenvalue weighted by molar-refractivity contribution is 5.76. The molecule has 1 aliphatic rings. The second-order valence-corrected chi connectivity index (χ2v) is 8.66. The number of benzene rings is 2. The van der Waals surface area contributed by atoms with Crippen molar-refractivity contribution >= 4 is 17.1 Å². The van der Waals surface area contributed by atoms with Gasteiger partial charge in [0.15, 0.2) is 0 Å². The van der Waals surface area contributed by atoms with E-state index in [1.54, 1.807) is 0 Å². The molecule has 2 N–H and O–H groups in total. The van der Waals surface area contributed by atoms with Crippen molar-refractivity contribution in [3.8, 4) is 0 Å². The lowest BCUT2D eigenvalue weighted by molar-refractivity contribution is 0.332. The monoisotopic (exact) mass is 347 g/mol. The van der Waals surface area contributed by atoms with Gasteiger partial charge in [-0.3, -0.25) is 0 Å². The van der Waals surface area contributed by atoms with E-state index in [4.69, 9.17) is 0 Å². The first-order valence-corrected chi connectivity index (χ1v) is 9.20. The smallest absolute Gasteiger partial charge is 0.115 e. The van der Waals surface area contributed by atoms with Crippen LogP contribution in [0.2, 0.25) is 0 Å². The quantitative estimate of drug-likeness (QED) is 0.607. The topological polar surface area (TPSA) is 32.3 Å². The summed E-state index contributed by atoms with van der Waals surface area (Å²) in [6.07, 6.45) is 2.41. The molecule has 2 nitrogen and oxygen atoms in total. The van der Waals surface area contributed by atoms with Crippen LogP contribution in [0, 0.1) is 0 Å². The molecule has 0 fully saturated rings. The van der Waals surface area contributed by atoms with Gasteiger partial charge in [-0.15, -0.1) is 0 Å². The molecule has 0 radical (unpaired) electrons. The zero-order valence-electron chi connectivity index (χ0n) is 16.3. The highest BCUT2D eigenvalue weighted by Gasteiger charge is 2.36. The molecule has 0 aromatic heterocycles. The van der Waals surface area contributed by atoms with Gasteiger partial charge in [0.25, 0.3) is 0 Å². The van der Waals surface area contributed by atoms with Crippen LogP contribution in [0.25, 0.3) is 11.5 Å². The van der Waals surface area contributed by atoms with Crippen molar-refractivity contribution in [1.29, 1.82) is 0 Å². The van der Waals surface area contributed by atoms with Gasteiger partial charge in [0.05, 0.1) is 0 Å². The lowest BCUT2D eigenvalue weighted by Crippen LogP contribution is -2.33. The van der Waals surface area contributed by atoms with Gasteiger partial charge in [-0.1, -0.05) is 53.0 Å². The zero-order chi connectivity index (χ0) is 19.1. The van der Waals surface area contributed by atoms with Crippen LogP contribution < -0.4 is 5.32 Å². The van der Waals surface area contributed by atoms with Gasteiger partial charge >= 0.3 is 0 Å². The molecule has 0 amide bonds. The SMILES string of the molecule is C=C(O)c1ccc(NC(=C)c2ccc3c(c2)C(C)(C)CCC3(C)C)cc1. The Balaban J connectivity index is 1.88. The molecule has 0 spiro atoms. The Morgan fingerprint density at radius 2 is 1.38 bits per heavy atom. The van der Waals surface area contributed by atoms with E-state index in [-0.39, 0.29) is 16.6 Å². The highest BCUT2D eigenvalue weighted by Crippen LogP contribution is 2.46. The third-order valence-corrected chi connectivity index (χ3v) is 5.71. The number of aliphatic hydroxyl groups excluding tert-OH is 1. The van der Waals surface area contributed by atoms with Crippen molar-refractivity contribution in [3.05, 3.63) is 77.9 Å².